The van der Waals surface area contributed by atoms with E-state index in [1.54, 1.807) is 0 Å². The van der Waals surface area contributed by atoms with Gasteiger partial charge in [-0.15, -0.1) is 0 Å². The molecule has 1 N–H and O–H groups in total. The fourth-order valence-electron chi connectivity index (χ4n) is 3.37. The lowest BCUT2D eigenvalue weighted by Gasteiger charge is -2.20. The van der Waals surface area contributed by atoms with Crippen LogP contribution in [-0.2, 0) is 11.3 Å². The summed E-state index contributed by atoms with van der Waals surface area (Å²) in [6, 6.07) is 14.0. The largest absolute Gasteiger partial charge is 0.372 e. The number of halogens is 1. The van der Waals surface area contributed by atoms with Crippen molar-refractivity contribution < 1.29 is 4.79 Å². The third-order valence-electron chi connectivity index (χ3n) is 4.77. The predicted molar refractivity (Wildman–Crippen MR) is 109 cm³/mol. The average molecular weight is 372 g/mol. The summed E-state index contributed by atoms with van der Waals surface area (Å²) < 4.78 is 0. The molecule has 1 saturated heterocycles. The summed E-state index contributed by atoms with van der Waals surface area (Å²) in [6.45, 7) is 5.25. The molecule has 1 heterocycles. The maximum absolute atomic E-state index is 12.4. The van der Waals surface area contributed by atoms with Gasteiger partial charge in [-0.1, -0.05) is 29.8 Å². The summed E-state index contributed by atoms with van der Waals surface area (Å²) in [7, 11) is 1.92. The van der Waals surface area contributed by atoms with E-state index in [9.17, 15) is 4.79 Å². The molecule has 0 bridgehead atoms. The molecule has 26 heavy (non-hydrogen) atoms. The monoisotopic (exact) mass is 371 g/mol. The minimum Gasteiger partial charge on any atom is -0.372 e. The number of rotatable bonds is 6. The van der Waals surface area contributed by atoms with E-state index in [1.165, 1.54) is 18.5 Å². The van der Waals surface area contributed by atoms with Crippen LogP contribution in [0, 0.1) is 6.92 Å². The van der Waals surface area contributed by atoms with Gasteiger partial charge in [-0.2, -0.15) is 0 Å². The standard InChI is InChI=1S/C21H26ClN3O/c1-16-13-18(25-11-5-6-12-25)9-10-20(16)23-21(26)15-24(2)14-17-7-3-4-8-19(17)22/h3-4,7-10,13H,5-6,11-12,14-15H2,1-2H3,(H,23,26). The second kappa shape index (κ2) is 8.56. The molecule has 2 aromatic carbocycles. The van der Waals surface area contributed by atoms with E-state index in [1.807, 2.05) is 49.2 Å². The number of carbonyl (C=O) groups is 1. The number of amides is 1. The number of likely N-dealkylation sites (N-methyl/N-ethyl adjacent to an activating group) is 1. The average Bonchev–Trinajstić information content (AvgIpc) is 3.13. The molecule has 0 saturated carbocycles. The number of aryl methyl sites for hydroxylation is 1. The normalized spacial score (nSPS) is 14.1. The Morgan fingerprint density at radius 3 is 2.62 bits per heavy atom. The summed E-state index contributed by atoms with van der Waals surface area (Å²) in [5.41, 5.74) is 4.24. The van der Waals surface area contributed by atoms with E-state index in [-0.39, 0.29) is 5.91 Å². The van der Waals surface area contributed by atoms with E-state index in [0.29, 0.717) is 13.1 Å². The van der Waals surface area contributed by atoms with Crippen LogP contribution in [0.25, 0.3) is 0 Å². The maximum atomic E-state index is 12.4. The van der Waals surface area contributed by atoms with Crippen molar-refractivity contribution >= 4 is 28.9 Å². The maximum Gasteiger partial charge on any atom is 0.238 e. The van der Waals surface area contributed by atoms with Crippen LogP contribution in [-0.4, -0.2) is 37.5 Å². The summed E-state index contributed by atoms with van der Waals surface area (Å²) in [5.74, 6) is -0.0171. The van der Waals surface area contributed by atoms with E-state index < -0.39 is 0 Å². The molecule has 1 aliphatic heterocycles. The van der Waals surface area contributed by atoms with E-state index >= 15 is 0 Å². The highest BCUT2D eigenvalue weighted by atomic mass is 35.5. The first kappa shape index (κ1) is 18.7. The number of nitrogens with one attached hydrogen (secondary N) is 1. The molecular formula is C21H26ClN3O. The van der Waals surface area contributed by atoms with Crippen LogP contribution >= 0.6 is 11.6 Å². The molecule has 0 unspecified atom stereocenters. The van der Waals surface area contributed by atoms with Crippen LogP contribution in [0.4, 0.5) is 11.4 Å². The van der Waals surface area contributed by atoms with Gasteiger partial charge in [-0.3, -0.25) is 9.69 Å². The van der Waals surface area contributed by atoms with Gasteiger partial charge in [0.1, 0.15) is 0 Å². The molecule has 0 spiro atoms. The highest BCUT2D eigenvalue weighted by Crippen LogP contribution is 2.25. The van der Waals surface area contributed by atoms with Crippen LogP contribution < -0.4 is 10.2 Å². The van der Waals surface area contributed by atoms with Crippen molar-refractivity contribution in [1.82, 2.24) is 4.90 Å². The fourth-order valence-corrected chi connectivity index (χ4v) is 3.56. The molecule has 0 aromatic heterocycles. The minimum atomic E-state index is -0.0171. The lowest BCUT2D eigenvalue weighted by atomic mass is 10.1. The van der Waals surface area contributed by atoms with Gasteiger partial charge in [0.05, 0.1) is 6.54 Å². The number of nitrogens with zero attached hydrogens (tertiary/aromatic N) is 2. The SMILES string of the molecule is Cc1cc(N2CCCC2)ccc1NC(=O)CN(C)Cc1ccccc1Cl. The Morgan fingerprint density at radius 1 is 1.19 bits per heavy atom. The van der Waals surface area contributed by atoms with Crippen LogP contribution in [0.2, 0.25) is 5.02 Å². The molecule has 138 valence electrons. The van der Waals surface area contributed by atoms with Crippen LogP contribution in [0.3, 0.4) is 0 Å². The zero-order chi connectivity index (χ0) is 18.5. The van der Waals surface area contributed by atoms with Gasteiger partial charge in [0.15, 0.2) is 0 Å². The molecule has 1 aliphatic rings. The minimum absolute atomic E-state index is 0.0171. The lowest BCUT2D eigenvalue weighted by molar-refractivity contribution is -0.117. The fraction of sp³-hybridized carbons (Fsp3) is 0.381. The number of hydrogen-bond donors (Lipinski definition) is 1. The van der Waals surface area contributed by atoms with Gasteiger partial charge in [-0.05, 0) is 62.2 Å². The Bertz CT molecular complexity index is 772. The molecular weight excluding hydrogens is 346 g/mol. The summed E-state index contributed by atoms with van der Waals surface area (Å²) >= 11 is 6.19. The van der Waals surface area contributed by atoms with Gasteiger partial charge in [-0.25, -0.2) is 0 Å². The van der Waals surface area contributed by atoms with Crippen LogP contribution in [0.1, 0.15) is 24.0 Å². The molecule has 5 heteroatoms. The van der Waals surface area contributed by atoms with Gasteiger partial charge in [0, 0.05) is 36.0 Å². The van der Waals surface area contributed by atoms with Crippen molar-refractivity contribution in [3.8, 4) is 0 Å². The van der Waals surface area contributed by atoms with Gasteiger partial charge < -0.3 is 10.2 Å². The summed E-state index contributed by atoms with van der Waals surface area (Å²) in [5, 5.41) is 3.76. The smallest absolute Gasteiger partial charge is 0.238 e. The highest BCUT2D eigenvalue weighted by Gasteiger charge is 2.14. The van der Waals surface area contributed by atoms with Crippen LogP contribution in [0.5, 0.6) is 0 Å². The second-order valence-corrected chi connectivity index (χ2v) is 7.41. The Kier molecular flexibility index (Phi) is 6.17. The van der Waals surface area contributed by atoms with Crippen molar-refractivity contribution in [2.24, 2.45) is 0 Å². The molecule has 0 aliphatic carbocycles. The zero-order valence-electron chi connectivity index (χ0n) is 15.5. The van der Waals surface area contributed by atoms with E-state index in [0.717, 1.165) is 34.9 Å². The molecule has 2 aromatic rings. The first-order chi connectivity index (χ1) is 12.5. The Hall–Kier alpha value is -2.04. The quantitative estimate of drug-likeness (QED) is 0.821. The zero-order valence-corrected chi connectivity index (χ0v) is 16.2. The van der Waals surface area contributed by atoms with Crippen LogP contribution in [0.15, 0.2) is 42.5 Å². The van der Waals surface area contributed by atoms with E-state index in [2.05, 4.69) is 22.3 Å². The van der Waals surface area contributed by atoms with E-state index in [4.69, 9.17) is 11.6 Å². The lowest BCUT2D eigenvalue weighted by Crippen LogP contribution is -2.30. The van der Waals surface area contributed by atoms with Crippen molar-refractivity contribution in [1.29, 1.82) is 0 Å². The van der Waals surface area contributed by atoms with Gasteiger partial charge >= 0.3 is 0 Å². The summed E-state index contributed by atoms with van der Waals surface area (Å²) in [6.07, 6.45) is 2.52. The Morgan fingerprint density at radius 2 is 1.92 bits per heavy atom. The molecule has 1 fully saturated rings. The first-order valence-electron chi connectivity index (χ1n) is 9.10. The Balaban J connectivity index is 1.56. The van der Waals surface area contributed by atoms with Gasteiger partial charge in [0.25, 0.3) is 0 Å². The number of carbonyl (C=O) groups excluding carboxylic acids is 1. The van der Waals surface area contributed by atoms with Crippen molar-refractivity contribution in [3.05, 3.63) is 58.6 Å². The number of hydrogen-bond acceptors (Lipinski definition) is 3. The molecule has 0 atom stereocenters. The summed E-state index contributed by atoms with van der Waals surface area (Å²) in [4.78, 5) is 16.8. The second-order valence-electron chi connectivity index (χ2n) is 7.01. The van der Waals surface area contributed by atoms with Gasteiger partial charge in [0.2, 0.25) is 5.91 Å². The number of benzene rings is 2. The first-order valence-corrected chi connectivity index (χ1v) is 9.48. The Labute approximate surface area is 160 Å². The molecule has 1 amide bonds. The van der Waals surface area contributed by atoms with Crippen molar-refractivity contribution in [3.63, 3.8) is 0 Å². The third kappa shape index (κ3) is 4.77. The van der Waals surface area contributed by atoms with Crippen molar-refractivity contribution in [2.45, 2.75) is 26.3 Å². The number of anilines is 2. The topological polar surface area (TPSA) is 35.6 Å². The highest BCUT2D eigenvalue weighted by molar-refractivity contribution is 6.31. The molecule has 4 nitrogen and oxygen atoms in total. The van der Waals surface area contributed by atoms with Crippen molar-refractivity contribution in [2.75, 3.05) is 36.9 Å². The molecule has 0 radical (unpaired) electrons. The molecule has 3 rings (SSSR count). The predicted octanol–water partition coefficient (Wildman–Crippen LogP) is 4.32. The third-order valence-corrected chi connectivity index (χ3v) is 5.14.